The van der Waals surface area contributed by atoms with Gasteiger partial charge in [-0.3, -0.25) is 4.90 Å². The Morgan fingerprint density at radius 2 is 2.06 bits per heavy atom. The zero-order chi connectivity index (χ0) is 13.0. The number of ether oxygens (including phenoxy) is 1. The summed E-state index contributed by atoms with van der Waals surface area (Å²) in [5, 5.41) is 3.51. The number of benzene rings is 1. The van der Waals surface area contributed by atoms with Crippen molar-refractivity contribution in [1.29, 1.82) is 0 Å². The molecule has 0 spiro atoms. The summed E-state index contributed by atoms with van der Waals surface area (Å²) in [6.45, 7) is 11.4. The van der Waals surface area contributed by atoms with Crippen molar-refractivity contribution < 1.29 is 4.74 Å². The van der Waals surface area contributed by atoms with Gasteiger partial charge in [0.2, 0.25) is 0 Å². The summed E-state index contributed by atoms with van der Waals surface area (Å²) in [4.78, 5) is 2.51. The van der Waals surface area contributed by atoms with Crippen LogP contribution in [0.1, 0.15) is 37.9 Å². The fourth-order valence-electron chi connectivity index (χ4n) is 2.76. The van der Waals surface area contributed by atoms with Crippen LogP contribution in [0, 0.1) is 0 Å². The fourth-order valence-corrected chi connectivity index (χ4v) is 2.76. The van der Waals surface area contributed by atoms with E-state index in [0.717, 1.165) is 38.5 Å². The lowest BCUT2D eigenvalue weighted by Crippen LogP contribution is -2.39. The molecule has 1 heterocycles. The second-order valence-corrected chi connectivity index (χ2v) is 4.66. The Kier molecular flexibility index (Phi) is 4.61. The standard InChI is InChI=1S/C15H24N2O/c1-4-17(5-2)15-11-16-10-12-9-13(18-6-3)7-8-14(12)15/h7-9,15-16H,4-6,10-11H2,1-3H3/t15-/m1/s1. The molecule has 1 N–H and O–H groups in total. The van der Waals surface area contributed by atoms with Gasteiger partial charge >= 0.3 is 0 Å². The molecular formula is C15H24N2O. The number of likely N-dealkylation sites (N-methyl/N-ethyl adjacent to an activating group) is 1. The number of hydrogen-bond acceptors (Lipinski definition) is 3. The highest BCUT2D eigenvalue weighted by atomic mass is 16.5. The molecule has 0 saturated carbocycles. The topological polar surface area (TPSA) is 24.5 Å². The third-order valence-electron chi connectivity index (χ3n) is 3.69. The Morgan fingerprint density at radius 3 is 2.72 bits per heavy atom. The predicted molar refractivity (Wildman–Crippen MR) is 75.0 cm³/mol. The van der Waals surface area contributed by atoms with Crippen LogP contribution in [-0.2, 0) is 6.54 Å². The third-order valence-corrected chi connectivity index (χ3v) is 3.69. The lowest BCUT2D eigenvalue weighted by atomic mass is 9.95. The first-order valence-electron chi connectivity index (χ1n) is 7.00. The Hall–Kier alpha value is -1.06. The van der Waals surface area contributed by atoms with Crippen molar-refractivity contribution in [2.45, 2.75) is 33.4 Å². The maximum Gasteiger partial charge on any atom is 0.119 e. The van der Waals surface area contributed by atoms with Gasteiger partial charge in [0.1, 0.15) is 5.75 Å². The van der Waals surface area contributed by atoms with Gasteiger partial charge in [-0.2, -0.15) is 0 Å². The van der Waals surface area contributed by atoms with Crippen molar-refractivity contribution in [3.05, 3.63) is 29.3 Å². The van der Waals surface area contributed by atoms with Crippen molar-refractivity contribution >= 4 is 0 Å². The highest BCUT2D eigenvalue weighted by molar-refractivity contribution is 5.39. The van der Waals surface area contributed by atoms with Crippen LogP contribution in [0.5, 0.6) is 5.75 Å². The third kappa shape index (κ3) is 2.68. The average molecular weight is 248 g/mol. The van der Waals surface area contributed by atoms with Crippen LogP contribution in [0.25, 0.3) is 0 Å². The largest absolute Gasteiger partial charge is 0.494 e. The molecule has 2 rings (SSSR count). The van der Waals surface area contributed by atoms with E-state index in [2.05, 4.69) is 42.3 Å². The van der Waals surface area contributed by atoms with Crippen LogP contribution in [0.15, 0.2) is 18.2 Å². The van der Waals surface area contributed by atoms with Crippen LogP contribution in [0.3, 0.4) is 0 Å². The monoisotopic (exact) mass is 248 g/mol. The lowest BCUT2D eigenvalue weighted by Gasteiger charge is -2.35. The van der Waals surface area contributed by atoms with Crippen molar-refractivity contribution in [2.75, 3.05) is 26.2 Å². The van der Waals surface area contributed by atoms with E-state index in [-0.39, 0.29) is 0 Å². The van der Waals surface area contributed by atoms with Crippen LogP contribution >= 0.6 is 0 Å². The summed E-state index contributed by atoms with van der Waals surface area (Å²) in [5.41, 5.74) is 2.84. The quantitative estimate of drug-likeness (QED) is 0.866. The second-order valence-electron chi connectivity index (χ2n) is 4.66. The van der Waals surface area contributed by atoms with Gasteiger partial charge in [-0.05, 0) is 43.3 Å². The molecule has 3 nitrogen and oxygen atoms in total. The zero-order valence-corrected chi connectivity index (χ0v) is 11.7. The highest BCUT2D eigenvalue weighted by Gasteiger charge is 2.24. The van der Waals surface area contributed by atoms with E-state index in [1.54, 1.807) is 0 Å². The van der Waals surface area contributed by atoms with Crippen LogP contribution < -0.4 is 10.1 Å². The molecule has 1 aliphatic rings. The SMILES string of the molecule is CCOc1ccc2c(c1)CNC[C@H]2N(CC)CC. The number of hydrogen-bond donors (Lipinski definition) is 1. The predicted octanol–water partition coefficient (Wildman–Crippen LogP) is 2.57. The molecule has 0 saturated heterocycles. The second kappa shape index (κ2) is 6.21. The molecule has 0 fully saturated rings. The van der Waals surface area contributed by atoms with Crippen molar-refractivity contribution in [3.8, 4) is 5.75 Å². The van der Waals surface area contributed by atoms with Gasteiger partial charge in [0.15, 0.2) is 0 Å². The first-order chi connectivity index (χ1) is 8.80. The molecule has 3 heteroatoms. The van der Waals surface area contributed by atoms with Crippen molar-refractivity contribution in [3.63, 3.8) is 0 Å². The highest BCUT2D eigenvalue weighted by Crippen LogP contribution is 2.29. The van der Waals surface area contributed by atoms with Gasteiger partial charge in [-0.25, -0.2) is 0 Å². The molecular weight excluding hydrogens is 224 g/mol. The summed E-state index contributed by atoms with van der Waals surface area (Å²) in [6, 6.07) is 7.02. The summed E-state index contributed by atoms with van der Waals surface area (Å²) >= 11 is 0. The Labute approximate surface area is 110 Å². The molecule has 1 aromatic carbocycles. The van der Waals surface area contributed by atoms with Gasteiger partial charge in [-0.1, -0.05) is 19.9 Å². The molecule has 0 aromatic heterocycles. The molecule has 0 amide bonds. The summed E-state index contributed by atoms with van der Waals surface area (Å²) in [5.74, 6) is 0.984. The molecule has 1 aliphatic heterocycles. The molecule has 0 radical (unpaired) electrons. The average Bonchev–Trinajstić information content (AvgIpc) is 2.40. The van der Waals surface area contributed by atoms with E-state index in [9.17, 15) is 0 Å². The number of nitrogens with one attached hydrogen (secondary N) is 1. The molecule has 18 heavy (non-hydrogen) atoms. The maximum atomic E-state index is 5.58. The van der Waals surface area contributed by atoms with Gasteiger partial charge in [0.05, 0.1) is 6.61 Å². The molecule has 0 aliphatic carbocycles. The van der Waals surface area contributed by atoms with Crippen molar-refractivity contribution in [2.24, 2.45) is 0 Å². The van der Waals surface area contributed by atoms with Crippen LogP contribution in [0.2, 0.25) is 0 Å². The minimum Gasteiger partial charge on any atom is -0.494 e. The van der Waals surface area contributed by atoms with Crippen molar-refractivity contribution in [1.82, 2.24) is 10.2 Å². The van der Waals surface area contributed by atoms with E-state index in [1.165, 1.54) is 11.1 Å². The summed E-state index contributed by atoms with van der Waals surface area (Å²) in [7, 11) is 0. The van der Waals surface area contributed by atoms with Gasteiger partial charge < -0.3 is 10.1 Å². The van der Waals surface area contributed by atoms with E-state index in [4.69, 9.17) is 4.74 Å². The number of nitrogens with zero attached hydrogens (tertiary/aromatic N) is 1. The Morgan fingerprint density at radius 1 is 1.28 bits per heavy atom. The first-order valence-corrected chi connectivity index (χ1v) is 7.00. The summed E-state index contributed by atoms with van der Waals surface area (Å²) in [6.07, 6.45) is 0. The van der Waals surface area contributed by atoms with Gasteiger partial charge in [0, 0.05) is 19.1 Å². The molecule has 0 unspecified atom stereocenters. The minimum atomic E-state index is 0.499. The number of rotatable bonds is 5. The Balaban J connectivity index is 2.26. The number of fused-ring (bicyclic) bond motifs is 1. The Bertz CT molecular complexity index is 388. The zero-order valence-electron chi connectivity index (χ0n) is 11.7. The maximum absolute atomic E-state index is 5.58. The van der Waals surface area contributed by atoms with Gasteiger partial charge in [-0.15, -0.1) is 0 Å². The van der Waals surface area contributed by atoms with Crippen LogP contribution in [-0.4, -0.2) is 31.1 Å². The van der Waals surface area contributed by atoms with E-state index < -0.39 is 0 Å². The smallest absolute Gasteiger partial charge is 0.119 e. The fraction of sp³-hybridized carbons (Fsp3) is 0.600. The molecule has 100 valence electrons. The first kappa shape index (κ1) is 13.4. The molecule has 1 atom stereocenters. The van der Waals surface area contributed by atoms with E-state index >= 15 is 0 Å². The van der Waals surface area contributed by atoms with Gasteiger partial charge in [0.25, 0.3) is 0 Å². The van der Waals surface area contributed by atoms with Crippen LogP contribution in [0.4, 0.5) is 0 Å². The molecule has 1 aromatic rings. The van der Waals surface area contributed by atoms with E-state index in [0.29, 0.717) is 6.04 Å². The lowest BCUT2D eigenvalue weighted by molar-refractivity contribution is 0.204. The summed E-state index contributed by atoms with van der Waals surface area (Å²) < 4.78 is 5.58. The normalized spacial score (nSPS) is 18.8. The van der Waals surface area contributed by atoms with E-state index in [1.807, 2.05) is 6.92 Å². The minimum absolute atomic E-state index is 0.499. The molecule has 0 bridgehead atoms.